The smallest absolute Gasteiger partial charge is 0.225 e. The lowest BCUT2D eigenvalue weighted by Crippen LogP contribution is -2.38. The summed E-state index contributed by atoms with van der Waals surface area (Å²) < 4.78 is 0. The first-order valence-electron chi connectivity index (χ1n) is 9.30. The maximum atomic E-state index is 12.2. The van der Waals surface area contributed by atoms with Crippen LogP contribution in [0.5, 0.6) is 5.75 Å². The predicted molar refractivity (Wildman–Crippen MR) is 99.6 cm³/mol. The quantitative estimate of drug-likeness (QED) is 0.898. The number of hydrogen-bond donors (Lipinski definition) is 1. The Hall–Kier alpha value is -2.29. The van der Waals surface area contributed by atoms with Crippen LogP contribution >= 0.6 is 0 Å². The van der Waals surface area contributed by atoms with Gasteiger partial charge in [-0.15, -0.1) is 0 Å². The number of nitrogens with zero attached hydrogens (tertiary/aromatic N) is 1. The molecule has 130 valence electrons. The molecule has 0 atom stereocenters. The minimum Gasteiger partial charge on any atom is -0.508 e. The number of benzene rings is 2. The number of phenolic OH excluding ortho intramolecular Hbond substituents is 1. The monoisotopic (exact) mass is 335 g/mol. The number of carbonyl (C=O) groups is 1. The van der Waals surface area contributed by atoms with Crippen molar-refractivity contribution in [2.45, 2.75) is 38.5 Å². The molecule has 1 aliphatic carbocycles. The molecule has 2 aliphatic rings. The van der Waals surface area contributed by atoms with Gasteiger partial charge in [0.1, 0.15) is 5.75 Å². The van der Waals surface area contributed by atoms with Gasteiger partial charge in [0.2, 0.25) is 5.91 Å². The molecule has 4 rings (SSSR count). The van der Waals surface area contributed by atoms with Gasteiger partial charge in [0.05, 0.1) is 0 Å². The summed E-state index contributed by atoms with van der Waals surface area (Å²) in [4.78, 5) is 14.3. The Morgan fingerprint density at radius 1 is 1.04 bits per heavy atom. The van der Waals surface area contributed by atoms with E-state index in [1.54, 1.807) is 6.07 Å². The summed E-state index contributed by atoms with van der Waals surface area (Å²) in [6, 6.07) is 14.3. The van der Waals surface area contributed by atoms with E-state index in [0.717, 1.165) is 44.3 Å². The Morgan fingerprint density at radius 3 is 2.48 bits per heavy atom. The molecule has 1 heterocycles. The Kier molecular flexibility index (Phi) is 4.24. The molecular weight excluding hydrogens is 310 g/mol. The zero-order valence-electron chi connectivity index (χ0n) is 14.7. The number of piperidine rings is 1. The van der Waals surface area contributed by atoms with E-state index in [4.69, 9.17) is 0 Å². The van der Waals surface area contributed by atoms with Crippen molar-refractivity contribution < 1.29 is 9.90 Å². The molecule has 1 saturated heterocycles. The largest absolute Gasteiger partial charge is 0.508 e. The number of phenols is 1. The van der Waals surface area contributed by atoms with Crippen molar-refractivity contribution in [1.82, 2.24) is 4.90 Å². The molecule has 2 aromatic carbocycles. The van der Waals surface area contributed by atoms with Gasteiger partial charge in [-0.25, -0.2) is 0 Å². The SMILES string of the molecule is Cc1cc(O)ccc1-c1cccc(C2CCN(C(=O)C3CC3)CC2)c1. The van der Waals surface area contributed by atoms with Crippen molar-refractivity contribution in [1.29, 1.82) is 0 Å². The van der Waals surface area contributed by atoms with Crippen LogP contribution in [-0.2, 0) is 4.79 Å². The fraction of sp³-hybridized carbons (Fsp3) is 0.409. The van der Waals surface area contributed by atoms with E-state index in [1.807, 2.05) is 19.1 Å². The Bertz CT molecular complexity index is 786. The van der Waals surface area contributed by atoms with Crippen LogP contribution in [0.4, 0.5) is 0 Å². The third-order valence-corrected chi connectivity index (χ3v) is 5.61. The third-order valence-electron chi connectivity index (χ3n) is 5.61. The fourth-order valence-corrected chi connectivity index (χ4v) is 3.95. The van der Waals surface area contributed by atoms with Gasteiger partial charge in [0.25, 0.3) is 0 Å². The van der Waals surface area contributed by atoms with Gasteiger partial charge < -0.3 is 10.0 Å². The lowest BCUT2D eigenvalue weighted by atomic mass is 9.87. The maximum absolute atomic E-state index is 12.2. The topological polar surface area (TPSA) is 40.5 Å². The van der Waals surface area contributed by atoms with Crippen LogP contribution in [0.15, 0.2) is 42.5 Å². The molecule has 25 heavy (non-hydrogen) atoms. The van der Waals surface area contributed by atoms with Gasteiger partial charge in [0.15, 0.2) is 0 Å². The molecule has 0 bridgehead atoms. The van der Waals surface area contributed by atoms with E-state index in [1.165, 1.54) is 16.7 Å². The van der Waals surface area contributed by atoms with Gasteiger partial charge in [-0.2, -0.15) is 0 Å². The minimum absolute atomic E-state index is 0.310. The average Bonchev–Trinajstić information content (AvgIpc) is 3.46. The summed E-state index contributed by atoms with van der Waals surface area (Å²) in [6.45, 7) is 3.81. The normalized spacial score (nSPS) is 18.4. The van der Waals surface area contributed by atoms with Crippen LogP contribution in [-0.4, -0.2) is 29.0 Å². The second-order valence-corrected chi connectivity index (χ2v) is 7.50. The van der Waals surface area contributed by atoms with E-state index < -0.39 is 0 Å². The third kappa shape index (κ3) is 3.41. The first-order chi connectivity index (χ1) is 12.1. The summed E-state index contributed by atoms with van der Waals surface area (Å²) >= 11 is 0. The summed E-state index contributed by atoms with van der Waals surface area (Å²) in [5.74, 6) is 1.55. The van der Waals surface area contributed by atoms with Crippen LogP contribution in [0, 0.1) is 12.8 Å². The van der Waals surface area contributed by atoms with Crippen LogP contribution in [0.3, 0.4) is 0 Å². The van der Waals surface area contributed by atoms with Crippen LogP contribution in [0.1, 0.15) is 42.7 Å². The number of hydrogen-bond acceptors (Lipinski definition) is 2. The molecule has 0 unspecified atom stereocenters. The van der Waals surface area contributed by atoms with Gasteiger partial charge in [-0.05, 0) is 72.9 Å². The van der Waals surface area contributed by atoms with E-state index in [-0.39, 0.29) is 0 Å². The molecule has 0 spiro atoms. The molecule has 2 fully saturated rings. The van der Waals surface area contributed by atoms with E-state index in [9.17, 15) is 9.90 Å². The zero-order valence-corrected chi connectivity index (χ0v) is 14.7. The van der Waals surface area contributed by atoms with E-state index in [2.05, 4.69) is 29.2 Å². The summed E-state index contributed by atoms with van der Waals surface area (Å²) in [6.07, 6.45) is 4.28. The van der Waals surface area contributed by atoms with Crippen LogP contribution in [0.25, 0.3) is 11.1 Å². The number of carbonyl (C=O) groups excluding carboxylic acids is 1. The summed E-state index contributed by atoms with van der Waals surface area (Å²) in [5, 5.41) is 9.62. The standard InChI is InChI=1S/C22H25NO2/c1-15-13-20(24)7-8-21(15)19-4-2-3-18(14-19)16-9-11-23(12-10-16)22(25)17-5-6-17/h2-4,7-8,13-14,16-17,24H,5-6,9-12H2,1H3. The van der Waals surface area contributed by atoms with Gasteiger partial charge in [-0.3, -0.25) is 4.79 Å². The first-order valence-corrected chi connectivity index (χ1v) is 9.30. The van der Waals surface area contributed by atoms with E-state index in [0.29, 0.717) is 23.5 Å². The molecule has 1 N–H and O–H groups in total. The average molecular weight is 335 g/mol. The Balaban J connectivity index is 1.49. The van der Waals surface area contributed by atoms with Crippen molar-refractivity contribution in [3.05, 3.63) is 53.6 Å². The molecular formula is C22H25NO2. The maximum Gasteiger partial charge on any atom is 0.225 e. The number of aryl methyl sites for hydroxylation is 1. The highest BCUT2D eigenvalue weighted by Gasteiger charge is 2.35. The number of aromatic hydroxyl groups is 1. The second-order valence-electron chi connectivity index (χ2n) is 7.50. The highest BCUT2D eigenvalue weighted by molar-refractivity contribution is 5.81. The summed E-state index contributed by atoms with van der Waals surface area (Å²) in [5.41, 5.74) is 4.82. The summed E-state index contributed by atoms with van der Waals surface area (Å²) in [7, 11) is 0. The molecule has 3 nitrogen and oxygen atoms in total. The molecule has 0 radical (unpaired) electrons. The molecule has 3 heteroatoms. The van der Waals surface area contributed by atoms with Crippen LogP contribution < -0.4 is 0 Å². The van der Waals surface area contributed by atoms with Crippen molar-refractivity contribution in [3.8, 4) is 16.9 Å². The van der Waals surface area contributed by atoms with Gasteiger partial charge in [-0.1, -0.05) is 30.3 Å². The molecule has 1 saturated carbocycles. The molecule has 0 aromatic heterocycles. The predicted octanol–water partition coefficient (Wildman–Crippen LogP) is 4.48. The zero-order chi connectivity index (χ0) is 17.4. The van der Waals surface area contributed by atoms with Gasteiger partial charge >= 0.3 is 0 Å². The lowest BCUT2D eigenvalue weighted by Gasteiger charge is -2.32. The van der Waals surface area contributed by atoms with Crippen molar-refractivity contribution in [2.75, 3.05) is 13.1 Å². The molecule has 1 amide bonds. The second kappa shape index (κ2) is 6.55. The first kappa shape index (κ1) is 16.2. The highest BCUT2D eigenvalue weighted by atomic mass is 16.3. The van der Waals surface area contributed by atoms with Crippen molar-refractivity contribution >= 4 is 5.91 Å². The van der Waals surface area contributed by atoms with Gasteiger partial charge in [0, 0.05) is 19.0 Å². The van der Waals surface area contributed by atoms with Crippen LogP contribution in [0.2, 0.25) is 0 Å². The van der Waals surface area contributed by atoms with Crippen molar-refractivity contribution in [2.24, 2.45) is 5.92 Å². The molecule has 2 aromatic rings. The fourth-order valence-electron chi connectivity index (χ4n) is 3.95. The lowest BCUT2D eigenvalue weighted by molar-refractivity contribution is -0.133. The van der Waals surface area contributed by atoms with E-state index >= 15 is 0 Å². The Morgan fingerprint density at radius 2 is 1.80 bits per heavy atom. The minimum atomic E-state index is 0.310. The highest BCUT2D eigenvalue weighted by Crippen LogP contribution is 2.35. The number of likely N-dealkylation sites (tertiary alicyclic amines) is 1. The Labute approximate surface area is 149 Å². The van der Waals surface area contributed by atoms with Crippen molar-refractivity contribution in [3.63, 3.8) is 0 Å². The number of rotatable bonds is 3. The molecule has 1 aliphatic heterocycles. The number of amides is 1.